The molecule has 0 saturated carbocycles. The number of nitrogens with zero attached hydrogens (tertiary/aromatic N) is 3. The molecular weight excluding hydrogens is 594 g/mol. The summed E-state index contributed by atoms with van der Waals surface area (Å²) >= 11 is 4.23. The number of unbranched alkanes of at least 4 members (excludes halogenated alkanes) is 2. The summed E-state index contributed by atoms with van der Waals surface area (Å²) in [5.41, 5.74) is 6.16. The number of halogens is 2. The number of rotatable bonds is 13. The fourth-order valence-corrected chi connectivity index (χ4v) is 4.46. The third-order valence-corrected chi connectivity index (χ3v) is 6.85. The molecule has 0 radical (unpaired) electrons. The quantitative estimate of drug-likeness (QED) is 0.109. The Balaban J connectivity index is 0.000000243. The monoisotopic (exact) mass is 632 g/mol. The second kappa shape index (κ2) is 18.1. The first-order chi connectivity index (χ1) is 21.3. The smallest absolute Gasteiger partial charge is 0.335 e. The SMILES string of the molecule is CN.O=C(O)c1ccc2nc(CNCCCCCS)n(CC3CCO3)c2c1.O=c1ccnc(COc2ccc(F)cc2F)[nH]1. The summed E-state index contributed by atoms with van der Waals surface area (Å²) in [7, 11) is 1.50. The number of hydrogen-bond donors (Lipinski definition) is 5. The number of aromatic amines is 1. The van der Waals surface area contributed by atoms with Crippen LogP contribution in [0.25, 0.3) is 11.0 Å². The zero-order valence-electron chi connectivity index (χ0n) is 24.5. The average Bonchev–Trinajstić information content (AvgIpc) is 3.34. The van der Waals surface area contributed by atoms with Gasteiger partial charge in [0.2, 0.25) is 0 Å². The number of ether oxygens (including phenoxy) is 2. The normalized spacial score (nSPS) is 13.7. The third-order valence-electron chi connectivity index (χ3n) is 6.53. The second-order valence-corrected chi connectivity index (χ2v) is 10.1. The fraction of sp³-hybridized carbons (Fsp3) is 0.400. The Bertz CT molecular complexity index is 1550. The largest absolute Gasteiger partial charge is 0.483 e. The van der Waals surface area contributed by atoms with Crippen LogP contribution in [0.1, 0.15) is 47.7 Å². The molecule has 1 unspecified atom stereocenters. The molecule has 4 aromatic rings. The highest BCUT2D eigenvalue weighted by Crippen LogP contribution is 2.22. The van der Waals surface area contributed by atoms with Gasteiger partial charge in [-0.05, 0) is 68.9 Å². The summed E-state index contributed by atoms with van der Waals surface area (Å²) in [5.74, 6) is -0.368. The molecule has 0 amide bonds. The first-order valence-electron chi connectivity index (χ1n) is 14.2. The summed E-state index contributed by atoms with van der Waals surface area (Å²) in [6.45, 7) is 3.03. The average molecular weight is 633 g/mol. The predicted molar refractivity (Wildman–Crippen MR) is 166 cm³/mol. The van der Waals surface area contributed by atoms with Crippen molar-refractivity contribution in [2.75, 3.05) is 26.0 Å². The molecule has 1 fully saturated rings. The van der Waals surface area contributed by atoms with Crippen LogP contribution in [0.15, 0.2) is 53.5 Å². The van der Waals surface area contributed by atoms with Crippen LogP contribution >= 0.6 is 12.6 Å². The number of aromatic nitrogens is 4. The van der Waals surface area contributed by atoms with Gasteiger partial charge in [-0.2, -0.15) is 12.6 Å². The topological polar surface area (TPSA) is 157 Å². The predicted octanol–water partition coefficient (Wildman–Crippen LogP) is 3.92. The van der Waals surface area contributed by atoms with Crippen LogP contribution in [0.4, 0.5) is 8.78 Å². The maximum atomic E-state index is 13.2. The van der Waals surface area contributed by atoms with Crippen molar-refractivity contribution in [3.8, 4) is 5.75 Å². The zero-order valence-corrected chi connectivity index (χ0v) is 25.4. The van der Waals surface area contributed by atoms with Crippen molar-refractivity contribution in [3.63, 3.8) is 0 Å². The van der Waals surface area contributed by atoms with Gasteiger partial charge in [-0.3, -0.25) is 4.79 Å². The summed E-state index contributed by atoms with van der Waals surface area (Å²) in [5, 5.41) is 12.7. The van der Waals surface area contributed by atoms with E-state index in [0.717, 1.165) is 73.7 Å². The molecule has 5 N–H and O–H groups in total. The molecule has 1 aliphatic rings. The van der Waals surface area contributed by atoms with E-state index in [1.807, 2.05) is 0 Å². The number of aromatic carboxylic acids is 1. The van der Waals surface area contributed by atoms with Crippen molar-refractivity contribution < 1.29 is 28.2 Å². The zero-order chi connectivity index (χ0) is 31.9. The minimum atomic E-state index is -0.918. The van der Waals surface area contributed by atoms with E-state index in [4.69, 9.17) is 14.5 Å². The van der Waals surface area contributed by atoms with Crippen LogP contribution in [0.5, 0.6) is 5.75 Å². The summed E-state index contributed by atoms with van der Waals surface area (Å²) in [4.78, 5) is 33.2. The van der Waals surface area contributed by atoms with Crippen molar-refractivity contribution in [2.24, 2.45) is 5.73 Å². The molecule has 11 nitrogen and oxygen atoms in total. The lowest BCUT2D eigenvalue weighted by Gasteiger charge is -2.27. The van der Waals surface area contributed by atoms with Crippen molar-refractivity contribution in [2.45, 2.75) is 51.5 Å². The van der Waals surface area contributed by atoms with Crippen LogP contribution in [0.3, 0.4) is 0 Å². The Hall–Kier alpha value is -3.85. The highest BCUT2D eigenvalue weighted by Gasteiger charge is 2.22. The molecule has 14 heteroatoms. The fourth-order valence-electron chi connectivity index (χ4n) is 4.24. The number of nitrogens with two attached hydrogens (primary N) is 1. The highest BCUT2D eigenvalue weighted by atomic mass is 32.1. The Labute approximate surface area is 259 Å². The lowest BCUT2D eigenvalue weighted by molar-refractivity contribution is -0.0590. The van der Waals surface area contributed by atoms with Crippen LogP contribution < -0.4 is 21.3 Å². The van der Waals surface area contributed by atoms with E-state index in [9.17, 15) is 23.5 Å². The molecule has 1 atom stereocenters. The van der Waals surface area contributed by atoms with Crippen molar-refractivity contribution in [1.29, 1.82) is 0 Å². The van der Waals surface area contributed by atoms with Gasteiger partial charge >= 0.3 is 5.97 Å². The number of carboxylic acids is 1. The van der Waals surface area contributed by atoms with E-state index in [1.54, 1.807) is 18.2 Å². The summed E-state index contributed by atoms with van der Waals surface area (Å²) in [6.07, 6.45) is 5.98. The number of fused-ring (bicyclic) bond motifs is 1. The molecule has 0 aliphatic carbocycles. The van der Waals surface area contributed by atoms with Crippen LogP contribution in [-0.2, 0) is 24.4 Å². The van der Waals surface area contributed by atoms with Gasteiger partial charge in [0.15, 0.2) is 11.6 Å². The molecular formula is C30H38F2N6O5S. The van der Waals surface area contributed by atoms with E-state index in [0.29, 0.717) is 6.54 Å². The highest BCUT2D eigenvalue weighted by molar-refractivity contribution is 7.80. The molecule has 2 aromatic heterocycles. The number of thiol groups is 1. The maximum Gasteiger partial charge on any atom is 0.335 e. The lowest BCUT2D eigenvalue weighted by atomic mass is 10.1. The first kappa shape index (κ1) is 34.6. The second-order valence-electron chi connectivity index (χ2n) is 9.63. The maximum absolute atomic E-state index is 13.2. The van der Waals surface area contributed by atoms with Gasteiger partial charge in [0.1, 0.15) is 24.1 Å². The molecule has 3 heterocycles. The molecule has 44 heavy (non-hydrogen) atoms. The number of hydrogen-bond acceptors (Lipinski definition) is 9. The van der Waals surface area contributed by atoms with Gasteiger partial charge in [-0.25, -0.2) is 23.5 Å². The molecule has 1 saturated heterocycles. The minimum absolute atomic E-state index is 0.0986. The third kappa shape index (κ3) is 10.4. The number of carbonyl (C=O) groups is 1. The van der Waals surface area contributed by atoms with Crippen molar-refractivity contribution in [3.05, 3.63) is 87.9 Å². The number of imidazole rings is 1. The van der Waals surface area contributed by atoms with Gasteiger partial charge in [-0.1, -0.05) is 6.42 Å². The van der Waals surface area contributed by atoms with Crippen LogP contribution in [0, 0.1) is 11.6 Å². The molecule has 1 aliphatic heterocycles. The van der Waals surface area contributed by atoms with E-state index >= 15 is 0 Å². The standard InChI is InChI=1S/C18H25N3O3S.C11H8F2N2O2.CH5N/c22-18(23)13-4-5-15-16(10-13)21(12-14-6-8-24-14)17(20-15)11-19-7-2-1-3-9-25;12-7-1-2-9(8(13)5-7)17-6-10-14-4-3-11(16)15-10;1-2/h4-5,10,14,19,25H,1-3,6-9,11-12H2,(H,22,23);1-5H,6H2,(H,14,15,16);2H2,1H3. The Morgan fingerprint density at radius 3 is 2.66 bits per heavy atom. The van der Waals surface area contributed by atoms with E-state index in [-0.39, 0.29) is 35.4 Å². The molecule has 238 valence electrons. The molecule has 0 spiro atoms. The van der Waals surface area contributed by atoms with Gasteiger partial charge in [-0.15, -0.1) is 0 Å². The Morgan fingerprint density at radius 2 is 2.00 bits per heavy atom. The van der Waals surface area contributed by atoms with E-state index < -0.39 is 17.6 Å². The van der Waals surface area contributed by atoms with Crippen LogP contribution in [-0.4, -0.2) is 62.7 Å². The lowest BCUT2D eigenvalue weighted by Crippen LogP contribution is -2.32. The summed E-state index contributed by atoms with van der Waals surface area (Å²) in [6, 6.07) is 9.33. The molecule has 5 rings (SSSR count). The Kier molecular flexibility index (Phi) is 14.2. The van der Waals surface area contributed by atoms with E-state index in [1.165, 1.54) is 31.8 Å². The number of H-pyrrole nitrogens is 1. The number of benzene rings is 2. The van der Waals surface area contributed by atoms with Crippen molar-refractivity contribution in [1.82, 2.24) is 24.8 Å². The van der Waals surface area contributed by atoms with Gasteiger partial charge in [0.05, 0.1) is 35.8 Å². The van der Waals surface area contributed by atoms with Gasteiger partial charge in [0.25, 0.3) is 5.56 Å². The summed E-state index contributed by atoms with van der Waals surface area (Å²) < 4.78 is 38.5. The number of carboxylic acid groups (broad SMARTS) is 1. The van der Waals surface area contributed by atoms with Gasteiger partial charge < -0.3 is 35.2 Å². The molecule has 0 bridgehead atoms. The van der Waals surface area contributed by atoms with Crippen molar-refractivity contribution >= 4 is 29.6 Å². The van der Waals surface area contributed by atoms with E-state index in [2.05, 4.69) is 38.2 Å². The first-order valence-corrected chi connectivity index (χ1v) is 14.8. The van der Waals surface area contributed by atoms with Crippen LogP contribution in [0.2, 0.25) is 0 Å². The van der Waals surface area contributed by atoms with Gasteiger partial charge in [0, 0.05) is 24.9 Å². The Morgan fingerprint density at radius 1 is 1.20 bits per heavy atom. The number of nitrogens with one attached hydrogen (secondary N) is 2. The molecule has 2 aromatic carbocycles. The minimum Gasteiger partial charge on any atom is -0.483 e.